The Hall–Kier alpha value is -1.28. The average molecular weight is 1040 g/mol. The summed E-state index contributed by atoms with van der Waals surface area (Å²) in [6.07, 6.45) is 71.0. The maximum Gasteiger partial charge on any atom is 0.268 e. The Morgan fingerprint density at radius 2 is 0.778 bits per heavy atom. The smallest absolute Gasteiger partial charge is 0.268 e. The highest BCUT2D eigenvalue weighted by Crippen LogP contribution is 2.38. The Morgan fingerprint density at radius 3 is 1.12 bits per heavy atom. The van der Waals surface area contributed by atoms with Crippen molar-refractivity contribution in [2.45, 2.75) is 321 Å². The predicted molar refractivity (Wildman–Crippen MR) is 311 cm³/mol. The van der Waals surface area contributed by atoms with E-state index in [-0.39, 0.29) is 19.1 Å². The maximum absolute atomic E-state index is 13.0. The molecule has 3 atom stereocenters. The van der Waals surface area contributed by atoms with Crippen LogP contribution in [0, 0.1) is 0 Å². The first-order chi connectivity index (χ1) is 35.0. The monoisotopic (exact) mass is 1030 g/mol. The second-order valence-electron chi connectivity index (χ2n) is 22.8. The number of allylic oxidation sites excluding steroid dienone is 5. The summed E-state index contributed by atoms with van der Waals surface area (Å²) < 4.78 is 23.4. The number of aliphatic hydroxyl groups excluding tert-OH is 1. The molecule has 0 rings (SSSR count). The van der Waals surface area contributed by atoms with Crippen molar-refractivity contribution in [1.82, 2.24) is 5.32 Å². The number of carbonyl (C=O) groups excluding carboxylic acids is 1. The molecule has 0 aromatic carbocycles. The number of quaternary nitrogens is 1. The van der Waals surface area contributed by atoms with E-state index in [4.69, 9.17) is 9.05 Å². The maximum atomic E-state index is 13.0. The number of phosphoric ester groups is 1. The molecule has 0 fully saturated rings. The van der Waals surface area contributed by atoms with E-state index in [1.807, 2.05) is 27.2 Å². The topological polar surface area (TPSA) is 108 Å². The van der Waals surface area contributed by atoms with E-state index in [0.29, 0.717) is 17.4 Å². The van der Waals surface area contributed by atoms with Gasteiger partial charge in [0.2, 0.25) is 5.91 Å². The summed E-state index contributed by atoms with van der Waals surface area (Å²) in [5, 5.41) is 13.9. The number of nitrogens with zero attached hydrogens (tertiary/aromatic N) is 1. The molecule has 1 amide bonds. The lowest BCUT2D eigenvalue weighted by atomic mass is 10.0. The fourth-order valence-corrected chi connectivity index (χ4v) is 10.1. The van der Waals surface area contributed by atoms with Gasteiger partial charge < -0.3 is 28.8 Å². The Kier molecular flexibility index (Phi) is 53.5. The van der Waals surface area contributed by atoms with Gasteiger partial charge in [0.25, 0.3) is 7.82 Å². The van der Waals surface area contributed by atoms with Gasteiger partial charge in [-0.3, -0.25) is 9.36 Å². The van der Waals surface area contributed by atoms with Gasteiger partial charge in [-0.25, -0.2) is 0 Å². The van der Waals surface area contributed by atoms with Crippen LogP contribution in [0.3, 0.4) is 0 Å². The molecule has 0 aliphatic heterocycles. The van der Waals surface area contributed by atoms with Gasteiger partial charge in [-0.2, -0.15) is 0 Å². The van der Waals surface area contributed by atoms with Crippen LogP contribution in [0.1, 0.15) is 309 Å². The van der Waals surface area contributed by atoms with Gasteiger partial charge in [-0.15, -0.1) is 0 Å². The van der Waals surface area contributed by atoms with Crippen LogP contribution in [0.4, 0.5) is 0 Å². The van der Waals surface area contributed by atoms with Crippen molar-refractivity contribution in [1.29, 1.82) is 0 Å². The van der Waals surface area contributed by atoms with Crippen LogP contribution in [0.25, 0.3) is 0 Å². The number of rotatable bonds is 58. The van der Waals surface area contributed by atoms with Crippen LogP contribution in [0.2, 0.25) is 0 Å². The van der Waals surface area contributed by atoms with Crippen molar-refractivity contribution in [2.24, 2.45) is 0 Å². The Morgan fingerprint density at radius 1 is 0.472 bits per heavy atom. The Bertz CT molecular complexity index is 1270. The summed E-state index contributed by atoms with van der Waals surface area (Å²) in [7, 11) is 1.26. The molecule has 72 heavy (non-hydrogen) atoms. The number of likely N-dealkylation sites (N-methyl/N-ethyl adjacent to an activating group) is 1. The standard InChI is InChI=1S/C63H123N2O6P/c1-6-8-10-12-14-16-18-20-22-24-26-28-29-30-31-32-33-34-35-37-39-41-43-45-47-49-51-53-55-57-63(67)64-61(60-71-72(68,69)70-59-58-65(3,4)5)62(66)56-54-52-50-48-46-44-42-40-38-36-27-25-23-21-19-17-15-13-11-9-7-2/h24,26,46,48,54,56,61-62,66H,6-23,25,27-45,47,49-53,55,57-60H2,1-5H3,(H-,64,67,68,69)/b26-24-,48-46+,56-54+. The molecule has 8 nitrogen and oxygen atoms in total. The van der Waals surface area contributed by atoms with Crippen LogP contribution in [-0.4, -0.2) is 68.5 Å². The van der Waals surface area contributed by atoms with Gasteiger partial charge in [0.05, 0.1) is 39.9 Å². The summed E-state index contributed by atoms with van der Waals surface area (Å²) in [6.45, 7) is 4.67. The normalized spacial score (nSPS) is 14.0. The quantitative estimate of drug-likeness (QED) is 0.0272. The molecule has 0 aliphatic carbocycles. The molecular formula is C63H123N2O6P. The van der Waals surface area contributed by atoms with Crippen LogP contribution in [0.15, 0.2) is 36.5 Å². The second-order valence-corrected chi connectivity index (χ2v) is 24.2. The molecule has 0 heterocycles. The molecule has 9 heteroatoms. The van der Waals surface area contributed by atoms with E-state index >= 15 is 0 Å². The molecule has 0 saturated carbocycles. The molecule has 0 radical (unpaired) electrons. The van der Waals surface area contributed by atoms with Gasteiger partial charge in [-0.05, 0) is 57.8 Å². The highest BCUT2D eigenvalue weighted by molar-refractivity contribution is 7.45. The summed E-state index contributed by atoms with van der Waals surface area (Å²) in [5.41, 5.74) is 0. The largest absolute Gasteiger partial charge is 0.756 e. The van der Waals surface area contributed by atoms with Gasteiger partial charge in [-0.1, -0.05) is 281 Å². The fraction of sp³-hybridized carbons (Fsp3) is 0.889. The highest BCUT2D eigenvalue weighted by Gasteiger charge is 2.23. The predicted octanol–water partition coefficient (Wildman–Crippen LogP) is 18.7. The van der Waals surface area contributed by atoms with Crippen molar-refractivity contribution in [3.8, 4) is 0 Å². The van der Waals surface area contributed by atoms with Crippen LogP contribution < -0.4 is 10.2 Å². The van der Waals surface area contributed by atoms with Crippen molar-refractivity contribution >= 4 is 13.7 Å². The van der Waals surface area contributed by atoms with Crippen molar-refractivity contribution < 1.29 is 32.9 Å². The third-order valence-corrected chi connectivity index (χ3v) is 15.3. The summed E-state index contributed by atoms with van der Waals surface area (Å²) in [5.74, 6) is -0.202. The average Bonchev–Trinajstić information content (AvgIpc) is 3.34. The minimum absolute atomic E-state index is 0.00482. The highest BCUT2D eigenvalue weighted by atomic mass is 31.2. The minimum atomic E-state index is -4.61. The van der Waals surface area contributed by atoms with Crippen LogP contribution >= 0.6 is 7.82 Å². The number of hydrogen-bond acceptors (Lipinski definition) is 6. The Balaban J connectivity index is 4.13. The van der Waals surface area contributed by atoms with E-state index in [1.165, 1.54) is 250 Å². The number of nitrogens with one attached hydrogen (secondary N) is 1. The first kappa shape index (κ1) is 70.7. The molecule has 0 aliphatic rings. The van der Waals surface area contributed by atoms with Crippen molar-refractivity contribution in [2.75, 3.05) is 40.9 Å². The number of hydrogen-bond donors (Lipinski definition) is 2. The van der Waals surface area contributed by atoms with Crippen molar-refractivity contribution in [3.05, 3.63) is 36.5 Å². The summed E-state index contributed by atoms with van der Waals surface area (Å²) in [6, 6.07) is -0.902. The van der Waals surface area contributed by atoms with E-state index in [9.17, 15) is 19.4 Å². The van der Waals surface area contributed by atoms with E-state index < -0.39 is 20.0 Å². The summed E-state index contributed by atoms with van der Waals surface area (Å²) >= 11 is 0. The number of unbranched alkanes of at least 4 members (excludes halogenated alkanes) is 41. The SMILES string of the molecule is CCCCCCCCCC/C=C\CCCCCCCCCCCCCCCCCCCC(=O)NC(COP(=O)([O-])OCC[N+](C)(C)C)C(O)/C=C/CC/C=C/CCCCCCCCCCCCCCCCC. The molecule has 426 valence electrons. The van der Waals surface area contributed by atoms with Gasteiger partial charge in [0.15, 0.2) is 0 Å². The molecule has 2 N–H and O–H groups in total. The number of carbonyl (C=O) groups is 1. The second kappa shape index (κ2) is 54.5. The third kappa shape index (κ3) is 56.4. The van der Waals surface area contributed by atoms with E-state index in [0.717, 1.165) is 38.5 Å². The number of phosphoric acid groups is 1. The van der Waals surface area contributed by atoms with Gasteiger partial charge in [0.1, 0.15) is 13.2 Å². The molecule has 0 bridgehead atoms. The summed E-state index contributed by atoms with van der Waals surface area (Å²) in [4.78, 5) is 25.5. The van der Waals surface area contributed by atoms with Crippen LogP contribution in [0.5, 0.6) is 0 Å². The van der Waals surface area contributed by atoms with Crippen molar-refractivity contribution in [3.63, 3.8) is 0 Å². The zero-order valence-electron chi connectivity index (χ0n) is 48.6. The molecule has 0 saturated heterocycles. The lowest BCUT2D eigenvalue weighted by molar-refractivity contribution is -0.870. The molecule has 0 aromatic rings. The lowest BCUT2D eigenvalue weighted by Gasteiger charge is -2.29. The van der Waals surface area contributed by atoms with Gasteiger partial charge >= 0.3 is 0 Å². The third-order valence-electron chi connectivity index (χ3n) is 14.3. The first-order valence-electron chi connectivity index (χ1n) is 31.4. The lowest BCUT2D eigenvalue weighted by Crippen LogP contribution is -2.45. The molecule has 3 unspecified atom stereocenters. The molecule has 0 spiro atoms. The van der Waals surface area contributed by atoms with Gasteiger partial charge in [0, 0.05) is 6.42 Å². The fourth-order valence-electron chi connectivity index (χ4n) is 9.40. The minimum Gasteiger partial charge on any atom is -0.756 e. The van der Waals surface area contributed by atoms with Crippen LogP contribution in [-0.2, 0) is 18.4 Å². The number of amides is 1. The number of aliphatic hydroxyl groups is 1. The molecule has 0 aromatic heterocycles. The zero-order chi connectivity index (χ0) is 52.7. The first-order valence-corrected chi connectivity index (χ1v) is 32.8. The Labute approximate surface area is 448 Å². The van der Waals surface area contributed by atoms with E-state index in [1.54, 1.807) is 6.08 Å². The molecular weight excluding hydrogens is 912 g/mol. The van der Waals surface area contributed by atoms with E-state index in [2.05, 4.69) is 43.5 Å². The zero-order valence-corrected chi connectivity index (χ0v) is 49.5.